The average molecular weight is 601 g/mol. The second kappa shape index (κ2) is 10.00. The zero-order valence-electron chi connectivity index (χ0n) is 16.2. The molecule has 0 aliphatic heterocycles. The Balaban J connectivity index is 6.19. The van der Waals surface area contributed by atoms with Crippen molar-refractivity contribution in [1.29, 1.82) is 0 Å². The third-order valence-corrected chi connectivity index (χ3v) is 5.42. The maximum Gasteiger partial charge on any atom is 0.460 e. The Bertz CT molecular complexity index is 752. The van der Waals surface area contributed by atoms with Crippen LogP contribution in [0.1, 0.15) is 13.3 Å². The molecule has 21 heteroatoms. The molecule has 1 atom stereocenters. The molecule has 0 radical (unpaired) electrons. The van der Waals surface area contributed by atoms with Crippen LogP contribution in [0.5, 0.6) is 0 Å². The molecule has 0 aliphatic rings. The standard InChI is InChI=1S/C14H10ClF17O2S/c1-2-34-6(33)5(15)35-4-3-7(16,17)8(18,19)9(20,21)10(22,23)11(24,25)12(26,27)13(28,29)14(30,31)32/h5H,2-4H2,1H3. The minimum absolute atomic E-state index is 0.246. The fourth-order valence-electron chi connectivity index (χ4n) is 1.92. The van der Waals surface area contributed by atoms with E-state index in [1.54, 1.807) is 0 Å². The van der Waals surface area contributed by atoms with Crippen LogP contribution in [-0.4, -0.2) is 70.7 Å². The monoisotopic (exact) mass is 600 g/mol. The van der Waals surface area contributed by atoms with Crippen LogP contribution in [0.3, 0.4) is 0 Å². The van der Waals surface area contributed by atoms with E-state index in [0.29, 0.717) is 0 Å². The van der Waals surface area contributed by atoms with Gasteiger partial charge in [-0.15, -0.1) is 11.8 Å². The van der Waals surface area contributed by atoms with Gasteiger partial charge in [-0.3, -0.25) is 0 Å². The van der Waals surface area contributed by atoms with Crippen molar-refractivity contribution in [1.82, 2.24) is 0 Å². The summed E-state index contributed by atoms with van der Waals surface area (Å²) in [4.78, 5) is 11.1. The highest BCUT2D eigenvalue weighted by Gasteiger charge is 2.95. The van der Waals surface area contributed by atoms with Gasteiger partial charge in [0.2, 0.25) is 0 Å². The van der Waals surface area contributed by atoms with Crippen LogP contribution in [0.15, 0.2) is 0 Å². The van der Waals surface area contributed by atoms with E-state index in [4.69, 9.17) is 11.6 Å². The fourth-order valence-corrected chi connectivity index (χ4v) is 3.04. The van der Waals surface area contributed by atoms with Gasteiger partial charge in [-0.25, -0.2) is 4.79 Å². The molecule has 35 heavy (non-hydrogen) atoms. The lowest BCUT2D eigenvalue weighted by atomic mass is 9.88. The first kappa shape index (κ1) is 33.9. The van der Waals surface area contributed by atoms with Gasteiger partial charge in [0.15, 0.2) is 4.71 Å². The van der Waals surface area contributed by atoms with Gasteiger partial charge in [0.1, 0.15) is 0 Å². The van der Waals surface area contributed by atoms with Gasteiger partial charge in [0.25, 0.3) is 0 Å². The van der Waals surface area contributed by atoms with E-state index in [1.165, 1.54) is 6.92 Å². The lowest BCUT2D eigenvalue weighted by Crippen LogP contribution is -2.74. The van der Waals surface area contributed by atoms with Gasteiger partial charge in [0.05, 0.1) is 6.61 Å². The third-order valence-electron chi connectivity index (χ3n) is 3.94. The van der Waals surface area contributed by atoms with Crippen LogP contribution in [0.4, 0.5) is 74.6 Å². The number of hydrogen-bond acceptors (Lipinski definition) is 3. The molecule has 210 valence electrons. The molecule has 0 saturated heterocycles. The fraction of sp³-hybridized carbons (Fsp3) is 0.929. The summed E-state index contributed by atoms with van der Waals surface area (Å²) in [5.41, 5.74) is 0. The first-order chi connectivity index (χ1) is 15.1. The van der Waals surface area contributed by atoms with Gasteiger partial charge < -0.3 is 4.74 Å². The molecule has 0 fully saturated rings. The van der Waals surface area contributed by atoms with E-state index < -0.39 is 70.5 Å². The topological polar surface area (TPSA) is 26.3 Å². The lowest BCUT2D eigenvalue weighted by molar-refractivity contribution is -0.461. The Morgan fingerprint density at radius 2 is 1.03 bits per heavy atom. The van der Waals surface area contributed by atoms with Gasteiger partial charge in [0, 0.05) is 12.2 Å². The first-order valence-electron chi connectivity index (χ1n) is 8.25. The Labute approximate surface area is 192 Å². The quantitative estimate of drug-likeness (QED) is 0.134. The molecule has 2 nitrogen and oxygen atoms in total. The summed E-state index contributed by atoms with van der Waals surface area (Å²) in [6.07, 6.45) is -10.5. The number of carbonyl (C=O) groups is 1. The summed E-state index contributed by atoms with van der Waals surface area (Å²) >= 11 is 5.00. The number of halogens is 18. The molecule has 0 amide bonds. The summed E-state index contributed by atoms with van der Waals surface area (Å²) in [7, 11) is 0. The molecule has 0 aromatic heterocycles. The van der Waals surface area contributed by atoms with Crippen molar-refractivity contribution in [2.45, 2.75) is 65.7 Å². The lowest BCUT2D eigenvalue weighted by Gasteiger charge is -2.42. The van der Waals surface area contributed by atoms with Crippen molar-refractivity contribution < 1.29 is 84.2 Å². The van der Waals surface area contributed by atoms with Gasteiger partial charge in [-0.2, -0.15) is 74.6 Å². The van der Waals surface area contributed by atoms with E-state index in [1.807, 2.05) is 0 Å². The van der Waals surface area contributed by atoms with E-state index in [-0.39, 0.29) is 18.4 Å². The Hall–Kier alpha value is -1.08. The Morgan fingerprint density at radius 3 is 1.37 bits per heavy atom. The van der Waals surface area contributed by atoms with Crippen molar-refractivity contribution in [3.05, 3.63) is 0 Å². The van der Waals surface area contributed by atoms with Crippen molar-refractivity contribution in [3.8, 4) is 0 Å². The van der Waals surface area contributed by atoms with E-state index in [0.717, 1.165) is 0 Å². The molecule has 0 heterocycles. The average Bonchev–Trinajstić information content (AvgIpc) is 2.65. The number of carbonyl (C=O) groups excluding carboxylic acids is 1. The highest BCUT2D eigenvalue weighted by atomic mass is 35.5. The Kier molecular flexibility index (Phi) is 9.69. The summed E-state index contributed by atoms with van der Waals surface area (Å²) in [6, 6.07) is 0. The number of rotatable bonds is 12. The summed E-state index contributed by atoms with van der Waals surface area (Å²) in [5.74, 6) is -59.6. The van der Waals surface area contributed by atoms with Crippen molar-refractivity contribution in [2.24, 2.45) is 0 Å². The highest BCUT2D eigenvalue weighted by molar-refractivity contribution is 8.01. The maximum atomic E-state index is 13.6. The van der Waals surface area contributed by atoms with Crippen molar-refractivity contribution in [2.75, 3.05) is 12.4 Å². The number of thioether (sulfide) groups is 1. The van der Waals surface area contributed by atoms with Crippen LogP contribution >= 0.6 is 23.4 Å². The predicted molar refractivity (Wildman–Crippen MR) is 84.0 cm³/mol. The molecule has 0 aromatic rings. The first-order valence-corrected chi connectivity index (χ1v) is 9.74. The molecule has 1 unspecified atom stereocenters. The SMILES string of the molecule is CCOC(=O)C(Cl)SCCC(F)(F)C(F)(F)C(F)(F)C(F)(F)C(F)(F)C(F)(F)C(F)(F)C(F)(F)F. The molecular weight excluding hydrogens is 591 g/mol. The molecule has 0 bridgehead atoms. The number of ether oxygens (including phenoxy) is 1. The number of esters is 1. The van der Waals surface area contributed by atoms with Crippen molar-refractivity contribution in [3.63, 3.8) is 0 Å². The molecule has 0 saturated carbocycles. The van der Waals surface area contributed by atoms with Crippen molar-refractivity contribution >= 4 is 29.3 Å². The Morgan fingerprint density at radius 1 is 0.686 bits per heavy atom. The predicted octanol–water partition coefficient (Wildman–Crippen LogP) is 7.25. The molecule has 0 N–H and O–H groups in total. The molecular formula is C14H10ClF17O2S. The maximum absolute atomic E-state index is 13.6. The van der Waals surface area contributed by atoms with Crippen LogP contribution in [0, 0.1) is 0 Å². The zero-order chi connectivity index (χ0) is 28.7. The van der Waals surface area contributed by atoms with Crippen LogP contribution < -0.4 is 0 Å². The van der Waals surface area contributed by atoms with Gasteiger partial charge >= 0.3 is 53.6 Å². The summed E-state index contributed by atoms with van der Waals surface area (Å²) in [5, 5.41) is 0. The van der Waals surface area contributed by atoms with E-state index in [2.05, 4.69) is 4.74 Å². The molecule has 0 spiro atoms. The summed E-state index contributed by atoms with van der Waals surface area (Å²) in [6.45, 7) is 0.872. The second-order valence-corrected chi connectivity index (χ2v) is 8.25. The van der Waals surface area contributed by atoms with Crippen LogP contribution in [0.25, 0.3) is 0 Å². The minimum atomic E-state index is -8.66. The number of alkyl halides is 18. The smallest absolute Gasteiger partial charge is 0.460 e. The third kappa shape index (κ3) is 5.46. The normalized spacial score (nSPS) is 16.3. The molecule has 0 aliphatic carbocycles. The highest BCUT2D eigenvalue weighted by Crippen LogP contribution is 2.64. The van der Waals surface area contributed by atoms with E-state index in [9.17, 15) is 79.4 Å². The largest absolute Gasteiger partial charge is 0.464 e. The molecule has 0 aromatic carbocycles. The minimum Gasteiger partial charge on any atom is -0.464 e. The zero-order valence-corrected chi connectivity index (χ0v) is 17.8. The van der Waals surface area contributed by atoms with Crippen LogP contribution in [0.2, 0.25) is 0 Å². The van der Waals surface area contributed by atoms with Gasteiger partial charge in [-0.05, 0) is 6.92 Å². The van der Waals surface area contributed by atoms with E-state index >= 15 is 0 Å². The summed E-state index contributed by atoms with van der Waals surface area (Å²) < 4.78 is 225. The number of hydrogen-bond donors (Lipinski definition) is 0. The van der Waals surface area contributed by atoms with Crippen LogP contribution in [-0.2, 0) is 9.53 Å². The van der Waals surface area contributed by atoms with Gasteiger partial charge in [-0.1, -0.05) is 11.6 Å². The second-order valence-electron chi connectivity index (χ2n) is 6.34. The molecule has 0 rings (SSSR count).